The van der Waals surface area contributed by atoms with Crippen LogP contribution in [0.15, 0.2) is 76.3 Å². The van der Waals surface area contributed by atoms with Gasteiger partial charge in [0.1, 0.15) is 16.4 Å². The average molecular weight is 469 g/mol. The molecule has 0 fully saturated rings. The lowest BCUT2D eigenvalue weighted by molar-refractivity contribution is -0.117. The van der Waals surface area contributed by atoms with Crippen LogP contribution >= 0.6 is 11.3 Å². The van der Waals surface area contributed by atoms with Crippen LogP contribution in [0.5, 0.6) is 5.75 Å². The normalized spacial score (nSPS) is 12.5. The first kappa shape index (κ1) is 25.4. The Morgan fingerprint density at radius 3 is 2.70 bits per heavy atom. The van der Waals surface area contributed by atoms with Gasteiger partial charge in [0, 0.05) is 31.4 Å². The third-order valence-electron chi connectivity index (χ3n) is 4.24. The molecule has 1 amide bonds. The van der Waals surface area contributed by atoms with Crippen molar-refractivity contribution in [2.45, 2.75) is 20.3 Å². The number of ether oxygens (including phenoxy) is 1. The van der Waals surface area contributed by atoms with Crippen molar-refractivity contribution in [1.82, 2.24) is 5.32 Å². The highest BCUT2D eigenvalue weighted by Gasteiger charge is 2.13. The fourth-order valence-corrected chi connectivity index (χ4v) is 3.33. The van der Waals surface area contributed by atoms with Crippen LogP contribution in [-0.2, 0) is 4.79 Å². The number of guanidine groups is 1. The number of hydrogen-bond acceptors (Lipinski definition) is 5. The van der Waals surface area contributed by atoms with Crippen LogP contribution in [0, 0.1) is 0 Å². The van der Waals surface area contributed by atoms with E-state index in [1.54, 1.807) is 56.8 Å². The summed E-state index contributed by atoms with van der Waals surface area (Å²) in [6.45, 7) is 3.74. The van der Waals surface area contributed by atoms with Crippen LogP contribution in [0.3, 0.4) is 0 Å². The van der Waals surface area contributed by atoms with Crippen molar-refractivity contribution in [3.8, 4) is 5.75 Å². The second-order valence-electron chi connectivity index (χ2n) is 6.73. The minimum absolute atomic E-state index is 0.191. The fourth-order valence-electron chi connectivity index (χ4n) is 2.64. The van der Waals surface area contributed by atoms with Crippen molar-refractivity contribution >= 4 is 40.5 Å². The van der Waals surface area contributed by atoms with E-state index in [1.807, 2.05) is 31.2 Å². The van der Waals surface area contributed by atoms with Crippen molar-refractivity contribution in [3.05, 3.63) is 76.2 Å². The molecule has 1 aromatic heterocycles. The van der Waals surface area contributed by atoms with E-state index in [0.717, 1.165) is 17.8 Å². The quantitative estimate of drug-likeness (QED) is 0.137. The number of carbonyl (C=O) groups excluding carboxylic acids is 1. The largest absolute Gasteiger partial charge is 0.477 e. The van der Waals surface area contributed by atoms with Gasteiger partial charge < -0.3 is 25.8 Å². The van der Waals surface area contributed by atoms with Crippen LogP contribution in [0.2, 0.25) is 0 Å². The van der Waals surface area contributed by atoms with Crippen molar-refractivity contribution in [1.29, 1.82) is 0 Å². The average Bonchev–Trinajstić information content (AvgIpc) is 3.26. The number of aromatic carboxylic acids is 1. The number of allylic oxidation sites excluding steroid dienone is 4. The van der Waals surface area contributed by atoms with Crippen LogP contribution in [0.1, 0.15) is 29.9 Å². The van der Waals surface area contributed by atoms with E-state index in [4.69, 9.17) is 4.74 Å². The lowest BCUT2D eigenvalue weighted by Gasteiger charge is -2.13. The van der Waals surface area contributed by atoms with Gasteiger partial charge in [-0.05, 0) is 49.1 Å². The maximum absolute atomic E-state index is 11.9. The first-order chi connectivity index (χ1) is 15.9. The summed E-state index contributed by atoms with van der Waals surface area (Å²) >= 11 is 1.13. The van der Waals surface area contributed by atoms with Gasteiger partial charge >= 0.3 is 5.97 Å². The first-order valence-corrected chi connectivity index (χ1v) is 11.1. The van der Waals surface area contributed by atoms with Gasteiger partial charge in [0.05, 0.1) is 5.69 Å². The number of carboxylic acids is 1. The number of likely N-dealkylation sites (N-methyl/N-ethyl adjacent to an activating group) is 1. The number of carboxylic acid groups (broad SMARTS) is 1. The molecule has 0 aliphatic heterocycles. The van der Waals surface area contributed by atoms with Gasteiger partial charge in [-0.15, -0.1) is 11.3 Å². The molecule has 0 atom stereocenters. The van der Waals surface area contributed by atoms with E-state index in [1.165, 1.54) is 0 Å². The third-order valence-corrected chi connectivity index (χ3v) is 5.15. The summed E-state index contributed by atoms with van der Waals surface area (Å²) in [5.74, 6) is 0.238. The molecule has 1 aromatic carbocycles. The summed E-state index contributed by atoms with van der Waals surface area (Å²) in [5, 5.41) is 19.7. The molecule has 1 heterocycles. The number of nitrogens with one attached hydrogen (secondary N) is 3. The molecule has 0 radical (unpaired) electrons. The van der Waals surface area contributed by atoms with E-state index < -0.39 is 5.97 Å². The lowest BCUT2D eigenvalue weighted by Crippen LogP contribution is -2.22. The Morgan fingerprint density at radius 1 is 1.24 bits per heavy atom. The van der Waals surface area contributed by atoms with Gasteiger partial charge in [0.15, 0.2) is 5.96 Å². The summed E-state index contributed by atoms with van der Waals surface area (Å²) in [4.78, 5) is 27.6. The summed E-state index contributed by atoms with van der Waals surface area (Å²) in [7, 11) is 3.17. The van der Waals surface area contributed by atoms with Crippen molar-refractivity contribution < 1.29 is 19.4 Å². The minimum Gasteiger partial charge on any atom is -0.477 e. The molecule has 8 nitrogen and oxygen atoms in total. The van der Waals surface area contributed by atoms with Crippen LogP contribution in [0.25, 0.3) is 0 Å². The molecule has 2 aromatic rings. The molecular formula is C24H28N4O4S. The number of aliphatic imine (C=N–C) groups is 1. The van der Waals surface area contributed by atoms with E-state index in [0.29, 0.717) is 34.4 Å². The second kappa shape index (κ2) is 12.9. The third kappa shape index (κ3) is 7.97. The molecule has 0 saturated carbocycles. The summed E-state index contributed by atoms with van der Waals surface area (Å²) in [6, 6.07) is 8.90. The number of nitrogens with zero attached hydrogens (tertiary/aromatic N) is 1. The molecule has 9 heteroatoms. The molecule has 0 spiro atoms. The van der Waals surface area contributed by atoms with E-state index in [2.05, 4.69) is 20.9 Å². The molecule has 0 saturated heterocycles. The Balaban J connectivity index is 2.21. The first-order valence-electron chi connectivity index (χ1n) is 10.2. The Kier molecular flexibility index (Phi) is 9.91. The van der Waals surface area contributed by atoms with Crippen LogP contribution < -0.4 is 20.7 Å². The molecule has 33 heavy (non-hydrogen) atoms. The number of anilines is 2. The van der Waals surface area contributed by atoms with Crippen molar-refractivity contribution in [3.63, 3.8) is 0 Å². The molecule has 0 unspecified atom stereocenters. The van der Waals surface area contributed by atoms with Crippen LogP contribution in [-0.4, -0.2) is 37.0 Å². The maximum Gasteiger partial charge on any atom is 0.348 e. The SMILES string of the molecule is CC/C=C/C=C(\C=C(/C)C(=O)NC)Oc1cccc(NC(=NC)Nc2ccsc2C(=O)O)c1. The molecule has 4 N–H and O–H groups in total. The van der Waals surface area contributed by atoms with Gasteiger partial charge in [0.25, 0.3) is 0 Å². The summed E-state index contributed by atoms with van der Waals surface area (Å²) < 4.78 is 6.02. The molecule has 2 rings (SSSR count). The number of rotatable bonds is 9. The number of amides is 1. The van der Waals surface area contributed by atoms with E-state index in [9.17, 15) is 14.7 Å². The molecular weight excluding hydrogens is 440 g/mol. The van der Waals surface area contributed by atoms with Gasteiger partial charge in [0.2, 0.25) is 5.91 Å². The second-order valence-corrected chi connectivity index (χ2v) is 7.65. The van der Waals surface area contributed by atoms with E-state index in [-0.39, 0.29) is 10.8 Å². The predicted octanol–water partition coefficient (Wildman–Crippen LogP) is 4.88. The van der Waals surface area contributed by atoms with Crippen LogP contribution in [0.4, 0.5) is 11.4 Å². The highest BCUT2D eigenvalue weighted by atomic mass is 32.1. The molecule has 0 aliphatic carbocycles. The van der Waals surface area contributed by atoms with Gasteiger partial charge in [-0.3, -0.25) is 9.79 Å². The molecule has 174 valence electrons. The zero-order valence-corrected chi connectivity index (χ0v) is 19.8. The minimum atomic E-state index is -1.00. The molecule has 0 aliphatic rings. The summed E-state index contributed by atoms with van der Waals surface area (Å²) in [6.07, 6.45) is 8.19. The Morgan fingerprint density at radius 2 is 2.03 bits per heavy atom. The Hall–Kier alpha value is -3.85. The maximum atomic E-state index is 11.9. The Bertz CT molecular complexity index is 1100. The van der Waals surface area contributed by atoms with Gasteiger partial charge in [-0.25, -0.2) is 4.79 Å². The summed E-state index contributed by atoms with van der Waals surface area (Å²) in [5.41, 5.74) is 1.65. The smallest absolute Gasteiger partial charge is 0.348 e. The molecule has 0 bridgehead atoms. The zero-order valence-electron chi connectivity index (χ0n) is 19.0. The highest BCUT2D eigenvalue weighted by molar-refractivity contribution is 7.12. The van der Waals surface area contributed by atoms with Crippen molar-refractivity contribution in [2.24, 2.45) is 4.99 Å². The highest BCUT2D eigenvalue weighted by Crippen LogP contribution is 2.24. The number of hydrogen-bond donors (Lipinski definition) is 4. The Labute approximate surface area is 197 Å². The monoisotopic (exact) mass is 468 g/mol. The standard InChI is InChI=1S/C24H28N4O4S/c1-5-6-7-10-18(14-16(2)22(29)25-3)32-19-11-8-9-17(15-19)27-24(26-4)28-20-12-13-33-21(20)23(30)31/h6-15H,5H2,1-4H3,(H,25,29)(H,30,31)(H2,26,27,28)/b7-6+,16-14+,18-10+. The van der Waals surface area contributed by atoms with Gasteiger partial charge in [-0.1, -0.05) is 25.1 Å². The van der Waals surface area contributed by atoms with Gasteiger partial charge in [-0.2, -0.15) is 0 Å². The number of benzene rings is 1. The zero-order chi connectivity index (χ0) is 24.2. The topological polar surface area (TPSA) is 112 Å². The number of carbonyl (C=O) groups is 2. The van der Waals surface area contributed by atoms with E-state index >= 15 is 0 Å². The van der Waals surface area contributed by atoms with Crippen molar-refractivity contribution in [2.75, 3.05) is 24.7 Å². The number of thiophene rings is 1. The lowest BCUT2D eigenvalue weighted by atomic mass is 10.2. The predicted molar refractivity (Wildman–Crippen MR) is 134 cm³/mol. The fraction of sp³-hybridized carbons (Fsp3) is 0.208.